The van der Waals surface area contributed by atoms with Crippen LogP contribution in [0.3, 0.4) is 0 Å². The third-order valence-electron chi connectivity index (χ3n) is 8.10. The van der Waals surface area contributed by atoms with Crippen LogP contribution in [0, 0.1) is 5.92 Å². The van der Waals surface area contributed by atoms with Crippen molar-refractivity contribution in [2.24, 2.45) is 5.92 Å². The van der Waals surface area contributed by atoms with Gasteiger partial charge in [0.15, 0.2) is 11.6 Å². The van der Waals surface area contributed by atoms with Crippen LogP contribution in [0.4, 0.5) is 11.5 Å². The molecule has 8 nitrogen and oxygen atoms in total. The van der Waals surface area contributed by atoms with Gasteiger partial charge in [0.2, 0.25) is 5.91 Å². The third-order valence-corrected chi connectivity index (χ3v) is 8.10. The zero-order chi connectivity index (χ0) is 24.6. The SMILES string of the molecule is CC(=O)c1ccc(N2CCN(C(=O)[C@H]3CCCN(c4nccn5nc6c(c45)CCCC6)C3)CC2)cc1. The van der Waals surface area contributed by atoms with Gasteiger partial charge in [0.1, 0.15) is 5.52 Å². The molecule has 0 saturated carbocycles. The number of anilines is 2. The van der Waals surface area contributed by atoms with Gasteiger partial charge in [0, 0.05) is 68.5 Å². The van der Waals surface area contributed by atoms with E-state index in [1.54, 1.807) is 6.92 Å². The quantitative estimate of drug-likeness (QED) is 0.527. The maximum absolute atomic E-state index is 13.5. The van der Waals surface area contributed by atoms with E-state index in [1.807, 2.05) is 46.1 Å². The summed E-state index contributed by atoms with van der Waals surface area (Å²) in [5.74, 6) is 1.34. The summed E-state index contributed by atoms with van der Waals surface area (Å²) in [5.41, 5.74) is 5.55. The van der Waals surface area contributed by atoms with E-state index in [-0.39, 0.29) is 17.6 Å². The monoisotopic (exact) mass is 486 g/mol. The number of Topliss-reactive ketones (excluding diaryl/α,β-unsaturated/α-hetero) is 1. The van der Waals surface area contributed by atoms with Gasteiger partial charge in [-0.15, -0.1) is 0 Å². The number of rotatable bonds is 4. The van der Waals surface area contributed by atoms with Crippen molar-refractivity contribution < 1.29 is 9.59 Å². The normalized spacial score (nSPS) is 20.5. The zero-order valence-electron chi connectivity index (χ0n) is 21.0. The molecule has 0 N–H and O–H groups in total. The minimum Gasteiger partial charge on any atom is -0.368 e. The number of aromatic nitrogens is 3. The fraction of sp³-hybridized carbons (Fsp3) is 0.500. The lowest BCUT2D eigenvalue weighted by molar-refractivity contribution is -0.136. The van der Waals surface area contributed by atoms with Crippen LogP contribution in [0.2, 0.25) is 0 Å². The molecule has 8 heteroatoms. The van der Waals surface area contributed by atoms with Crippen LogP contribution in [0.25, 0.3) is 5.52 Å². The van der Waals surface area contributed by atoms with E-state index < -0.39 is 0 Å². The highest BCUT2D eigenvalue weighted by molar-refractivity contribution is 5.94. The molecular weight excluding hydrogens is 452 g/mol. The minimum absolute atomic E-state index is 0.000883. The number of hydrogen-bond donors (Lipinski definition) is 0. The number of piperazine rings is 1. The number of hydrogen-bond acceptors (Lipinski definition) is 6. The third kappa shape index (κ3) is 4.22. The first-order valence-corrected chi connectivity index (χ1v) is 13.3. The van der Waals surface area contributed by atoms with Crippen molar-refractivity contribution in [1.82, 2.24) is 19.5 Å². The second-order valence-corrected chi connectivity index (χ2v) is 10.4. The van der Waals surface area contributed by atoms with Gasteiger partial charge in [-0.25, -0.2) is 9.50 Å². The Morgan fingerprint density at radius 3 is 2.47 bits per heavy atom. The molecule has 2 saturated heterocycles. The molecule has 0 bridgehead atoms. The molecule has 188 valence electrons. The first kappa shape index (κ1) is 23.0. The molecule has 1 atom stereocenters. The summed E-state index contributed by atoms with van der Waals surface area (Å²) in [7, 11) is 0. The summed E-state index contributed by atoms with van der Waals surface area (Å²) in [6.07, 6.45) is 10.2. The van der Waals surface area contributed by atoms with Crippen LogP contribution in [-0.2, 0) is 17.6 Å². The van der Waals surface area contributed by atoms with Crippen molar-refractivity contribution in [3.8, 4) is 0 Å². The van der Waals surface area contributed by atoms with Crippen LogP contribution >= 0.6 is 0 Å². The summed E-state index contributed by atoms with van der Waals surface area (Å²) in [6, 6.07) is 7.79. The van der Waals surface area contributed by atoms with Gasteiger partial charge >= 0.3 is 0 Å². The summed E-state index contributed by atoms with van der Waals surface area (Å²) in [5, 5.41) is 4.84. The van der Waals surface area contributed by atoms with Crippen molar-refractivity contribution >= 4 is 28.7 Å². The fourth-order valence-electron chi connectivity index (χ4n) is 6.10. The fourth-order valence-corrected chi connectivity index (χ4v) is 6.10. The van der Waals surface area contributed by atoms with E-state index >= 15 is 0 Å². The Bertz CT molecular complexity index is 1280. The number of piperidine rings is 1. The maximum Gasteiger partial charge on any atom is 0.227 e. The Labute approximate surface area is 211 Å². The van der Waals surface area contributed by atoms with Crippen molar-refractivity contribution in [2.75, 3.05) is 49.1 Å². The molecule has 0 radical (unpaired) electrons. The molecule has 3 aliphatic rings. The standard InChI is InChI=1S/C28H34N6O2/c1-20(35)21-8-10-23(11-9-21)31-15-17-32(18-16-31)28(36)22-5-4-13-33(19-22)27-26-24-6-2-3-7-25(24)30-34(26)14-12-29-27/h8-12,14,22H,2-7,13,15-19H2,1H3/t22-/m0/s1. The maximum atomic E-state index is 13.5. The zero-order valence-corrected chi connectivity index (χ0v) is 21.0. The molecule has 6 rings (SSSR count). The van der Waals surface area contributed by atoms with Gasteiger partial charge in [-0.05, 0) is 69.7 Å². The van der Waals surface area contributed by atoms with E-state index in [0.29, 0.717) is 0 Å². The van der Waals surface area contributed by atoms with Crippen LogP contribution < -0.4 is 9.80 Å². The summed E-state index contributed by atoms with van der Waals surface area (Å²) in [6.45, 7) is 6.32. The highest BCUT2D eigenvalue weighted by Gasteiger charge is 2.33. The van der Waals surface area contributed by atoms with Crippen molar-refractivity contribution in [2.45, 2.75) is 45.4 Å². The number of carbonyl (C=O) groups is 2. The van der Waals surface area contributed by atoms with Gasteiger partial charge in [0.25, 0.3) is 0 Å². The lowest BCUT2D eigenvalue weighted by Crippen LogP contribution is -2.52. The molecule has 1 aromatic carbocycles. The Kier molecular flexibility index (Phi) is 6.11. The molecule has 0 spiro atoms. The van der Waals surface area contributed by atoms with Gasteiger partial charge < -0.3 is 14.7 Å². The molecule has 1 amide bonds. The molecule has 2 fully saturated rings. The second-order valence-electron chi connectivity index (χ2n) is 10.4. The topological polar surface area (TPSA) is 74.1 Å². The van der Waals surface area contributed by atoms with E-state index in [0.717, 1.165) is 87.5 Å². The van der Waals surface area contributed by atoms with Gasteiger partial charge in [-0.2, -0.15) is 5.10 Å². The van der Waals surface area contributed by atoms with Crippen LogP contribution in [0.1, 0.15) is 54.2 Å². The van der Waals surface area contributed by atoms with Gasteiger partial charge in [0.05, 0.1) is 11.6 Å². The largest absolute Gasteiger partial charge is 0.368 e. The number of fused-ring (bicyclic) bond motifs is 3. The highest BCUT2D eigenvalue weighted by atomic mass is 16.2. The van der Waals surface area contributed by atoms with E-state index in [1.165, 1.54) is 24.1 Å². The highest BCUT2D eigenvalue weighted by Crippen LogP contribution is 2.32. The lowest BCUT2D eigenvalue weighted by atomic mass is 9.94. The van der Waals surface area contributed by atoms with E-state index in [2.05, 4.69) is 9.80 Å². The number of amides is 1. The van der Waals surface area contributed by atoms with Gasteiger partial charge in [-0.1, -0.05) is 0 Å². The Hall–Kier alpha value is -3.42. The van der Waals surface area contributed by atoms with Crippen LogP contribution in [0.5, 0.6) is 0 Å². The summed E-state index contributed by atoms with van der Waals surface area (Å²) >= 11 is 0. The number of benzene rings is 1. The molecule has 1 aliphatic carbocycles. The van der Waals surface area contributed by atoms with Crippen LogP contribution in [0.15, 0.2) is 36.7 Å². The summed E-state index contributed by atoms with van der Waals surface area (Å²) < 4.78 is 2.01. The molecular formula is C28H34N6O2. The van der Waals surface area contributed by atoms with E-state index in [9.17, 15) is 9.59 Å². The molecule has 2 aromatic heterocycles. The predicted molar refractivity (Wildman–Crippen MR) is 140 cm³/mol. The summed E-state index contributed by atoms with van der Waals surface area (Å²) in [4.78, 5) is 36.6. The number of aryl methyl sites for hydroxylation is 2. The predicted octanol–water partition coefficient (Wildman–Crippen LogP) is 3.38. The number of carbonyl (C=O) groups excluding carboxylic acids is 2. The van der Waals surface area contributed by atoms with Crippen molar-refractivity contribution in [3.63, 3.8) is 0 Å². The van der Waals surface area contributed by atoms with Crippen LogP contribution in [-0.4, -0.2) is 70.5 Å². The molecule has 3 aromatic rings. The lowest BCUT2D eigenvalue weighted by Gasteiger charge is -2.40. The minimum atomic E-state index is 0.000883. The number of ketones is 1. The van der Waals surface area contributed by atoms with Gasteiger partial charge in [-0.3, -0.25) is 9.59 Å². The Balaban J connectivity index is 1.13. The smallest absolute Gasteiger partial charge is 0.227 e. The Morgan fingerprint density at radius 2 is 1.69 bits per heavy atom. The molecule has 4 heterocycles. The molecule has 0 unspecified atom stereocenters. The van der Waals surface area contributed by atoms with Crippen molar-refractivity contribution in [1.29, 1.82) is 0 Å². The molecule has 36 heavy (non-hydrogen) atoms. The second kappa shape index (κ2) is 9.56. The van der Waals surface area contributed by atoms with E-state index in [4.69, 9.17) is 10.1 Å². The average Bonchev–Trinajstić information content (AvgIpc) is 3.32. The Morgan fingerprint density at radius 1 is 0.917 bits per heavy atom. The molecule has 2 aliphatic heterocycles. The number of nitrogens with zero attached hydrogens (tertiary/aromatic N) is 6. The first-order valence-electron chi connectivity index (χ1n) is 13.3. The average molecular weight is 487 g/mol. The van der Waals surface area contributed by atoms with Crippen molar-refractivity contribution in [3.05, 3.63) is 53.5 Å². The first-order chi connectivity index (χ1) is 17.6.